The summed E-state index contributed by atoms with van der Waals surface area (Å²) in [6.45, 7) is 8.59. The van der Waals surface area contributed by atoms with Crippen molar-refractivity contribution in [2.45, 2.75) is 20.4 Å². The van der Waals surface area contributed by atoms with Crippen LogP contribution < -0.4 is 5.32 Å². The van der Waals surface area contributed by atoms with E-state index in [1.807, 2.05) is 33.0 Å². The Morgan fingerprint density at radius 2 is 1.92 bits per heavy atom. The van der Waals surface area contributed by atoms with Gasteiger partial charge in [0.25, 0.3) is 0 Å². The summed E-state index contributed by atoms with van der Waals surface area (Å²) in [5, 5.41) is 11.2. The molecule has 130 valence electrons. The first kappa shape index (κ1) is 16.7. The number of hydrogen-bond donors (Lipinski definition) is 1. The van der Waals surface area contributed by atoms with Crippen molar-refractivity contribution in [3.63, 3.8) is 0 Å². The van der Waals surface area contributed by atoms with Crippen LogP contribution in [0.4, 0.5) is 5.82 Å². The number of nitrogens with zero attached hydrogens (tertiary/aromatic N) is 5. The summed E-state index contributed by atoms with van der Waals surface area (Å²) >= 11 is 0. The van der Waals surface area contributed by atoms with Crippen molar-refractivity contribution in [2.24, 2.45) is 7.05 Å². The highest BCUT2D eigenvalue weighted by Crippen LogP contribution is 2.10. The van der Waals surface area contributed by atoms with E-state index in [0.717, 1.165) is 55.7 Å². The molecule has 0 atom stereocenters. The molecule has 8 nitrogen and oxygen atoms in total. The van der Waals surface area contributed by atoms with Crippen LogP contribution >= 0.6 is 0 Å². The van der Waals surface area contributed by atoms with Gasteiger partial charge in [0, 0.05) is 51.9 Å². The fraction of sp³-hybridized carbons (Fsp3) is 0.562. The number of nitrogens with one attached hydrogen (secondary N) is 1. The van der Waals surface area contributed by atoms with Crippen molar-refractivity contribution in [1.29, 1.82) is 0 Å². The van der Waals surface area contributed by atoms with Gasteiger partial charge in [0.1, 0.15) is 11.6 Å². The van der Waals surface area contributed by atoms with Crippen molar-refractivity contribution in [3.05, 3.63) is 29.3 Å². The van der Waals surface area contributed by atoms with Crippen LogP contribution in [0.5, 0.6) is 0 Å². The Morgan fingerprint density at radius 1 is 1.21 bits per heavy atom. The first-order valence-corrected chi connectivity index (χ1v) is 8.17. The molecule has 1 amide bonds. The molecule has 1 fully saturated rings. The third-order valence-corrected chi connectivity index (χ3v) is 4.16. The van der Waals surface area contributed by atoms with E-state index in [1.165, 1.54) is 0 Å². The fourth-order valence-corrected chi connectivity index (χ4v) is 2.94. The first-order valence-electron chi connectivity index (χ1n) is 8.17. The van der Waals surface area contributed by atoms with Crippen LogP contribution in [0, 0.1) is 13.8 Å². The van der Waals surface area contributed by atoms with Crippen LogP contribution in [0.25, 0.3) is 0 Å². The lowest BCUT2D eigenvalue weighted by Crippen LogP contribution is -2.48. The largest absolute Gasteiger partial charge is 0.361 e. The Hall–Kier alpha value is -2.19. The maximum Gasteiger partial charge on any atom is 0.239 e. The zero-order valence-corrected chi connectivity index (χ0v) is 14.4. The molecule has 0 unspecified atom stereocenters. The molecule has 24 heavy (non-hydrogen) atoms. The number of hydrogen-bond acceptors (Lipinski definition) is 6. The second-order valence-corrected chi connectivity index (χ2v) is 6.32. The topological polar surface area (TPSA) is 79.4 Å². The van der Waals surface area contributed by atoms with Crippen molar-refractivity contribution < 1.29 is 9.32 Å². The number of anilines is 1. The van der Waals surface area contributed by atoms with E-state index >= 15 is 0 Å². The van der Waals surface area contributed by atoms with Crippen LogP contribution in [-0.2, 0) is 18.4 Å². The number of carbonyl (C=O) groups is 1. The van der Waals surface area contributed by atoms with E-state index in [1.54, 1.807) is 4.68 Å². The molecule has 0 spiro atoms. The second-order valence-electron chi connectivity index (χ2n) is 6.32. The number of amides is 1. The predicted octanol–water partition coefficient (Wildman–Crippen LogP) is 0.781. The van der Waals surface area contributed by atoms with Gasteiger partial charge in [-0.2, -0.15) is 5.10 Å². The molecule has 1 aliphatic heterocycles. The van der Waals surface area contributed by atoms with Crippen LogP contribution in [-0.4, -0.2) is 63.4 Å². The van der Waals surface area contributed by atoms with Crippen molar-refractivity contribution in [2.75, 3.05) is 38.0 Å². The lowest BCUT2D eigenvalue weighted by Gasteiger charge is -2.33. The highest BCUT2D eigenvalue weighted by atomic mass is 16.5. The van der Waals surface area contributed by atoms with Gasteiger partial charge in [-0.1, -0.05) is 5.16 Å². The Labute approximate surface area is 141 Å². The smallest absolute Gasteiger partial charge is 0.239 e. The SMILES string of the molecule is Cc1cc(NC(=O)CN2CCN(Cc3cc(C)on3)CC2)n(C)n1. The molecule has 2 aromatic heterocycles. The maximum atomic E-state index is 12.2. The van der Waals surface area contributed by atoms with E-state index in [4.69, 9.17) is 4.52 Å². The monoisotopic (exact) mass is 332 g/mol. The minimum atomic E-state index is -0.00132. The van der Waals surface area contributed by atoms with E-state index in [9.17, 15) is 4.79 Å². The first-order chi connectivity index (χ1) is 11.5. The molecule has 0 aliphatic carbocycles. The van der Waals surface area contributed by atoms with Crippen LogP contribution in [0.15, 0.2) is 16.7 Å². The van der Waals surface area contributed by atoms with Gasteiger partial charge < -0.3 is 9.84 Å². The molecule has 0 aromatic carbocycles. The molecular weight excluding hydrogens is 308 g/mol. The number of piperazine rings is 1. The normalized spacial score (nSPS) is 16.5. The lowest BCUT2D eigenvalue weighted by molar-refractivity contribution is -0.117. The van der Waals surface area contributed by atoms with Gasteiger partial charge in [-0.3, -0.25) is 19.3 Å². The summed E-state index contributed by atoms with van der Waals surface area (Å²) in [7, 11) is 1.83. The Morgan fingerprint density at radius 3 is 2.50 bits per heavy atom. The van der Waals surface area contributed by atoms with Crippen molar-refractivity contribution in [3.8, 4) is 0 Å². The summed E-state index contributed by atoms with van der Waals surface area (Å²) in [6, 6.07) is 3.84. The molecule has 0 bridgehead atoms. The third-order valence-electron chi connectivity index (χ3n) is 4.16. The summed E-state index contributed by atoms with van der Waals surface area (Å²) in [4.78, 5) is 16.7. The molecule has 2 aromatic rings. The highest BCUT2D eigenvalue weighted by molar-refractivity contribution is 5.91. The zero-order valence-electron chi connectivity index (χ0n) is 14.4. The second kappa shape index (κ2) is 7.14. The number of carbonyl (C=O) groups excluding carboxylic acids is 1. The van der Waals surface area contributed by atoms with Crippen LogP contribution in [0.1, 0.15) is 17.1 Å². The van der Waals surface area contributed by atoms with Crippen molar-refractivity contribution in [1.82, 2.24) is 24.7 Å². The maximum absolute atomic E-state index is 12.2. The average Bonchev–Trinajstić information content (AvgIpc) is 3.06. The quantitative estimate of drug-likeness (QED) is 0.872. The van der Waals surface area contributed by atoms with Gasteiger partial charge in [-0.15, -0.1) is 0 Å². The molecule has 0 saturated carbocycles. The molecule has 8 heteroatoms. The highest BCUT2D eigenvalue weighted by Gasteiger charge is 2.20. The van der Waals surface area contributed by atoms with Gasteiger partial charge >= 0.3 is 0 Å². The van der Waals surface area contributed by atoms with Gasteiger partial charge in [-0.05, 0) is 13.8 Å². The Kier molecular flexibility index (Phi) is 4.96. The lowest BCUT2D eigenvalue weighted by atomic mass is 10.2. The molecule has 1 aliphatic rings. The van der Waals surface area contributed by atoms with E-state index in [-0.39, 0.29) is 5.91 Å². The number of aryl methyl sites for hydroxylation is 3. The van der Waals surface area contributed by atoms with Crippen LogP contribution in [0.2, 0.25) is 0 Å². The average molecular weight is 332 g/mol. The van der Waals surface area contributed by atoms with E-state index in [0.29, 0.717) is 6.54 Å². The minimum Gasteiger partial charge on any atom is -0.361 e. The number of rotatable bonds is 5. The molecule has 3 heterocycles. The van der Waals surface area contributed by atoms with Gasteiger partial charge in [0.05, 0.1) is 17.9 Å². The summed E-state index contributed by atoms with van der Waals surface area (Å²) in [5.74, 6) is 1.57. The van der Waals surface area contributed by atoms with Crippen LogP contribution in [0.3, 0.4) is 0 Å². The summed E-state index contributed by atoms with van der Waals surface area (Å²) in [6.07, 6.45) is 0. The molecular formula is C16H24N6O2. The van der Waals surface area contributed by atoms with Crippen molar-refractivity contribution >= 4 is 11.7 Å². The van der Waals surface area contributed by atoms with Gasteiger partial charge in [0.15, 0.2) is 0 Å². The number of aromatic nitrogens is 3. The van der Waals surface area contributed by atoms with Gasteiger partial charge in [-0.25, -0.2) is 0 Å². The van der Waals surface area contributed by atoms with E-state index in [2.05, 4.69) is 25.4 Å². The fourth-order valence-electron chi connectivity index (χ4n) is 2.94. The van der Waals surface area contributed by atoms with E-state index < -0.39 is 0 Å². The zero-order chi connectivity index (χ0) is 17.1. The summed E-state index contributed by atoms with van der Waals surface area (Å²) in [5.41, 5.74) is 1.86. The minimum absolute atomic E-state index is 0.00132. The third kappa shape index (κ3) is 4.21. The Bertz CT molecular complexity index is 699. The molecule has 1 saturated heterocycles. The van der Waals surface area contributed by atoms with Gasteiger partial charge in [0.2, 0.25) is 5.91 Å². The molecule has 3 rings (SSSR count). The standard InChI is InChI=1S/C16H24N6O2/c1-12-8-15(20(3)18-12)17-16(23)11-22-6-4-21(5-7-22)10-14-9-13(2)24-19-14/h8-9H,4-7,10-11H2,1-3H3,(H,17,23). The molecule has 0 radical (unpaired) electrons. The summed E-state index contributed by atoms with van der Waals surface area (Å²) < 4.78 is 6.79. The Balaban J connectivity index is 1.43. The predicted molar refractivity (Wildman–Crippen MR) is 89.5 cm³/mol. The molecule has 1 N–H and O–H groups in total.